The van der Waals surface area contributed by atoms with E-state index in [0.717, 1.165) is 0 Å². The molecule has 3 rings (SSSR count). The first-order valence-corrected chi connectivity index (χ1v) is 7.34. The minimum atomic E-state index is 0.0875. The number of hydrogen-bond donors (Lipinski definition) is 1. The van der Waals surface area contributed by atoms with Gasteiger partial charge in [-0.1, -0.05) is 0 Å². The highest BCUT2D eigenvalue weighted by atomic mass is 16.5. The Hall–Kier alpha value is -2.29. The summed E-state index contributed by atoms with van der Waals surface area (Å²) >= 11 is 0. The van der Waals surface area contributed by atoms with Crippen molar-refractivity contribution in [3.8, 4) is 0 Å². The molecule has 9 nitrogen and oxygen atoms in total. The van der Waals surface area contributed by atoms with Crippen LogP contribution in [0.25, 0.3) is 5.65 Å². The maximum Gasteiger partial charge on any atom is 0.224 e. The molecule has 1 aliphatic rings. The second-order valence-corrected chi connectivity index (χ2v) is 5.48. The normalized spacial score (nSPS) is 22.0. The van der Waals surface area contributed by atoms with E-state index in [1.807, 2.05) is 18.7 Å². The lowest BCUT2D eigenvalue weighted by Crippen LogP contribution is -2.48. The lowest BCUT2D eigenvalue weighted by molar-refractivity contribution is -0.142. The third-order valence-electron chi connectivity index (χ3n) is 3.49. The topological polar surface area (TPSA) is 97.5 Å². The van der Waals surface area contributed by atoms with Crippen LogP contribution in [0.5, 0.6) is 0 Å². The second kappa shape index (κ2) is 6.22. The molecule has 2 aromatic heterocycles. The maximum atomic E-state index is 12.2. The summed E-state index contributed by atoms with van der Waals surface area (Å²) in [6.07, 6.45) is 0.587. The first-order valence-electron chi connectivity index (χ1n) is 7.34. The molecule has 2 atom stereocenters. The molecule has 0 radical (unpaired) electrons. The standard InChI is InChI=1S/C13H19N7O2/c1-9-7-19(8-10(2)22-9)13(21)5-6-14-11-3-4-12-15-17-18-20(12)16-11/h3-4,9-10H,5-8H2,1-2H3,(H,14,16). The summed E-state index contributed by atoms with van der Waals surface area (Å²) in [5, 5.41) is 18.3. The fraction of sp³-hybridized carbons (Fsp3) is 0.615. The molecule has 0 bridgehead atoms. The van der Waals surface area contributed by atoms with Crippen molar-refractivity contribution in [2.45, 2.75) is 32.5 Å². The van der Waals surface area contributed by atoms with Gasteiger partial charge >= 0.3 is 0 Å². The Kier molecular flexibility index (Phi) is 4.14. The van der Waals surface area contributed by atoms with Gasteiger partial charge in [0.1, 0.15) is 5.82 Å². The number of amides is 1. The molecule has 1 saturated heterocycles. The lowest BCUT2D eigenvalue weighted by atomic mass is 10.2. The van der Waals surface area contributed by atoms with Crippen LogP contribution in [0.1, 0.15) is 20.3 Å². The van der Waals surface area contributed by atoms with Crippen LogP contribution in [0, 0.1) is 0 Å². The van der Waals surface area contributed by atoms with Crippen LogP contribution in [-0.4, -0.2) is 67.9 Å². The fourth-order valence-corrected chi connectivity index (χ4v) is 2.58. The zero-order valence-electron chi connectivity index (χ0n) is 12.6. The van der Waals surface area contributed by atoms with Crippen LogP contribution in [0.4, 0.5) is 5.82 Å². The molecule has 22 heavy (non-hydrogen) atoms. The molecule has 9 heteroatoms. The summed E-state index contributed by atoms with van der Waals surface area (Å²) in [6, 6.07) is 3.55. The van der Waals surface area contributed by atoms with Crippen LogP contribution in [0.2, 0.25) is 0 Å². The van der Waals surface area contributed by atoms with Crippen molar-refractivity contribution in [2.24, 2.45) is 0 Å². The number of aromatic nitrogens is 5. The Morgan fingerprint density at radius 1 is 1.36 bits per heavy atom. The van der Waals surface area contributed by atoms with E-state index in [2.05, 4.69) is 25.9 Å². The Bertz CT molecular complexity index is 649. The number of tetrazole rings is 1. The van der Waals surface area contributed by atoms with Gasteiger partial charge in [0.25, 0.3) is 0 Å². The van der Waals surface area contributed by atoms with Crippen molar-refractivity contribution in [2.75, 3.05) is 25.0 Å². The molecule has 0 spiro atoms. The molecule has 0 saturated carbocycles. The highest BCUT2D eigenvalue weighted by Gasteiger charge is 2.25. The third-order valence-corrected chi connectivity index (χ3v) is 3.49. The number of ether oxygens (including phenoxy) is 1. The summed E-state index contributed by atoms with van der Waals surface area (Å²) < 4.78 is 6.98. The average molecular weight is 305 g/mol. The first-order chi connectivity index (χ1) is 10.6. The molecule has 1 fully saturated rings. The van der Waals surface area contributed by atoms with E-state index in [9.17, 15) is 4.79 Å². The number of fused-ring (bicyclic) bond motifs is 1. The van der Waals surface area contributed by atoms with Gasteiger partial charge in [0, 0.05) is 26.1 Å². The smallest absolute Gasteiger partial charge is 0.224 e. The zero-order valence-corrected chi connectivity index (χ0v) is 12.6. The number of carbonyl (C=O) groups is 1. The van der Waals surface area contributed by atoms with Crippen LogP contribution in [0.3, 0.4) is 0 Å². The van der Waals surface area contributed by atoms with Gasteiger partial charge in [-0.25, -0.2) is 0 Å². The SMILES string of the molecule is CC1CN(C(=O)CCNc2ccc3nnnn3n2)CC(C)O1. The Morgan fingerprint density at radius 2 is 2.14 bits per heavy atom. The van der Waals surface area contributed by atoms with Crippen molar-refractivity contribution in [3.05, 3.63) is 12.1 Å². The number of nitrogens with one attached hydrogen (secondary N) is 1. The van der Waals surface area contributed by atoms with Gasteiger partial charge in [-0.05, 0) is 36.4 Å². The van der Waals surface area contributed by atoms with Crippen molar-refractivity contribution in [3.63, 3.8) is 0 Å². The largest absolute Gasteiger partial charge is 0.372 e. The Balaban J connectivity index is 1.50. The van der Waals surface area contributed by atoms with Crippen LogP contribution < -0.4 is 5.32 Å². The van der Waals surface area contributed by atoms with E-state index in [0.29, 0.717) is 37.5 Å². The van der Waals surface area contributed by atoms with Gasteiger partial charge in [0.05, 0.1) is 12.2 Å². The molecule has 3 heterocycles. The molecule has 2 unspecified atom stereocenters. The van der Waals surface area contributed by atoms with Crippen LogP contribution in [-0.2, 0) is 9.53 Å². The molecule has 1 aliphatic heterocycles. The minimum Gasteiger partial charge on any atom is -0.372 e. The number of hydrogen-bond acceptors (Lipinski definition) is 7. The first kappa shape index (κ1) is 14.6. The molecule has 2 aromatic rings. The molecule has 118 valence electrons. The minimum absolute atomic E-state index is 0.0875. The van der Waals surface area contributed by atoms with Gasteiger partial charge in [0.2, 0.25) is 5.91 Å². The van der Waals surface area contributed by atoms with E-state index >= 15 is 0 Å². The summed E-state index contributed by atoms with van der Waals surface area (Å²) in [6.45, 7) is 5.79. The van der Waals surface area contributed by atoms with Gasteiger partial charge in [-0.3, -0.25) is 4.79 Å². The average Bonchev–Trinajstić information content (AvgIpc) is 2.93. The number of anilines is 1. The maximum absolute atomic E-state index is 12.2. The summed E-state index contributed by atoms with van der Waals surface area (Å²) in [4.78, 5) is 14.1. The summed E-state index contributed by atoms with van der Waals surface area (Å²) in [5.74, 6) is 0.759. The van der Waals surface area contributed by atoms with Crippen LogP contribution in [0.15, 0.2) is 12.1 Å². The van der Waals surface area contributed by atoms with Gasteiger partial charge < -0.3 is 15.0 Å². The molecular weight excluding hydrogens is 286 g/mol. The highest BCUT2D eigenvalue weighted by molar-refractivity contribution is 5.76. The lowest BCUT2D eigenvalue weighted by Gasteiger charge is -2.35. The summed E-state index contributed by atoms with van der Waals surface area (Å²) in [5.41, 5.74) is 0.581. The second-order valence-electron chi connectivity index (χ2n) is 5.48. The van der Waals surface area contributed by atoms with E-state index in [-0.39, 0.29) is 18.1 Å². The van der Waals surface area contributed by atoms with Crippen molar-refractivity contribution in [1.29, 1.82) is 0 Å². The van der Waals surface area contributed by atoms with Crippen molar-refractivity contribution >= 4 is 17.4 Å². The number of nitrogens with zero attached hydrogens (tertiary/aromatic N) is 6. The van der Waals surface area contributed by atoms with Crippen LogP contribution >= 0.6 is 0 Å². The van der Waals surface area contributed by atoms with Crippen molar-refractivity contribution < 1.29 is 9.53 Å². The summed E-state index contributed by atoms with van der Waals surface area (Å²) in [7, 11) is 0. The monoisotopic (exact) mass is 305 g/mol. The number of morpholine rings is 1. The Morgan fingerprint density at radius 3 is 2.91 bits per heavy atom. The zero-order chi connectivity index (χ0) is 15.5. The van der Waals surface area contributed by atoms with Gasteiger partial charge in [-0.15, -0.1) is 14.8 Å². The van der Waals surface area contributed by atoms with E-state index in [4.69, 9.17) is 4.74 Å². The molecular formula is C13H19N7O2. The van der Waals surface area contributed by atoms with Crippen molar-refractivity contribution in [1.82, 2.24) is 30.2 Å². The third kappa shape index (κ3) is 3.30. The molecule has 0 aromatic carbocycles. The van der Waals surface area contributed by atoms with E-state index in [1.54, 1.807) is 12.1 Å². The van der Waals surface area contributed by atoms with Gasteiger partial charge in [-0.2, -0.15) is 0 Å². The van der Waals surface area contributed by atoms with E-state index < -0.39 is 0 Å². The number of carbonyl (C=O) groups excluding carboxylic acids is 1. The van der Waals surface area contributed by atoms with E-state index in [1.165, 1.54) is 4.63 Å². The van der Waals surface area contributed by atoms with Gasteiger partial charge in [0.15, 0.2) is 5.65 Å². The fourth-order valence-electron chi connectivity index (χ4n) is 2.58. The molecule has 1 N–H and O–H groups in total. The quantitative estimate of drug-likeness (QED) is 0.846. The molecule has 0 aliphatic carbocycles. The predicted molar refractivity (Wildman–Crippen MR) is 78.3 cm³/mol. The highest BCUT2D eigenvalue weighted by Crippen LogP contribution is 2.12. The predicted octanol–water partition coefficient (Wildman–Crippen LogP) is -0.0429. The number of rotatable bonds is 4. The molecule has 1 amide bonds. The Labute approximate surface area is 127 Å².